The molecule has 1 aromatic rings. The maximum Gasteiger partial charge on any atom is 0.239 e. The summed E-state index contributed by atoms with van der Waals surface area (Å²) in [5.74, 6) is -0.0387. The number of nitrogens with two attached hydrogens (primary N) is 1. The Kier molecular flexibility index (Phi) is 5.45. The summed E-state index contributed by atoms with van der Waals surface area (Å²) in [5.41, 5.74) is 6.90. The van der Waals surface area contributed by atoms with Crippen LogP contribution in [-0.2, 0) is 16.1 Å². The molecule has 0 bridgehead atoms. The molecule has 1 rings (SSSR count). The molecule has 1 unspecified atom stereocenters. The molecule has 0 fully saturated rings. The zero-order valence-electron chi connectivity index (χ0n) is 9.68. The Morgan fingerprint density at radius 1 is 1.69 bits per heavy atom. The molecule has 2 N–H and O–H groups in total. The van der Waals surface area contributed by atoms with Gasteiger partial charge in [-0.3, -0.25) is 4.79 Å². The van der Waals surface area contributed by atoms with E-state index in [1.54, 1.807) is 30.4 Å². The summed E-state index contributed by atoms with van der Waals surface area (Å²) < 4.78 is 4.90. The highest BCUT2D eigenvalue weighted by molar-refractivity contribution is 7.07. The number of ether oxygens (including phenoxy) is 1. The number of thiophene rings is 1. The van der Waals surface area contributed by atoms with E-state index in [1.165, 1.54) is 0 Å². The molecule has 4 nitrogen and oxygen atoms in total. The highest BCUT2D eigenvalue weighted by atomic mass is 32.1. The largest absolute Gasteiger partial charge is 0.385 e. The topological polar surface area (TPSA) is 55.6 Å². The predicted molar refractivity (Wildman–Crippen MR) is 65.3 cm³/mol. The molecule has 0 saturated carbocycles. The fourth-order valence-electron chi connectivity index (χ4n) is 1.39. The van der Waals surface area contributed by atoms with Gasteiger partial charge in [0.25, 0.3) is 0 Å². The lowest BCUT2D eigenvalue weighted by Gasteiger charge is -2.20. The number of methoxy groups -OCH3 is 1. The predicted octanol–water partition coefficient (Wildman–Crippen LogP) is 1.07. The summed E-state index contributed by atoms with van der Waals surface area (Å²) in [6.07, 6.45) is 0.559. The van der Waals surface area contributed by atoms with Crippen LogP contribution in [0.15, 0.2) is 16.8 Å². The summed E-state index contributed by atoms with van der Waals surface area (Å²) in [6, 6.07) is 1.54. The third kappa shape index (κ3) is 3.92. The van der Waals surface area contributed by atoms with E-state index in [2.05, 4.69) is 0 Å². The second kappa shape index (κ2) is 6.62. The molecule has 0 saturated heterocycles. The van der Waals surface area contributed by atoms with Crippen molar-refractivity contribution in [1.82, 2.24) is 4.90 Å². The van der Waals surface area contributed by atoms with Gasteiger partial charge in [0, 0.05) is 27.3 Å². The smallest absolute Gasteiger partial charge is 0.239 e. The minimum Gasteiger partial charge on any atom is -0.385 e. The Morgan fingerprint density at radius 2 is 2.44 bits per heavy atom. The first-order valence-electron chi connectivity index (χ1n) is 5.15. The third-order valence-corrected chi connectivity index (χ3v) is 3.06. The van der Waals surface area contributed by atoms with Crippen LogP contribution < -0.4 is 5.73 Å². The summed E-state index contributed by atoms with van der Waals surface area (Å²) in [5, 5.41) is 4.03. The number of hydrogen-bond donors (Lipinski definition) is 1. The molecule has 0 spiro atoms. The van der Waals surface area contributed by atoms with E-state index < -0.39 is 6.04 Å². The Labute approximate surface area is 100 Å². The van der Waals surface area contributed by atoms with Gasteiger partial charge < -0.3 is 15.4 Å². The molecule has 0 aromatic carbocycles. The first-order valence-corrected chi connectivity index (χ1v) is 6.10. The lowest BCUT2D eigenvalue weighted by molar-refractivity contribution is -0.132. The molecular weight excluding hydrogens is 224 g/mol. The molecule has 1 atom stereocenters. The van der Waals surface area contributed by atoms with Gasteiger partial charge in [-0.05, 0) is 28.8 Å². The van der Waals surface area contributed by atoms with Crippen LogP contribution >= 0.6 is 11.3 Å². The monoisotopic (exact) mass is 242 g/mol. The Hall–Kier alpha value is -0.910. The molecule has 16 heavy (non-hydrogen) atoms. The van der Waals surface area contributed by atoms with E-state index in [0.29, 0.717) is 19.6 Å². The summed E-state index contributed by atoms with van der Waals surface area (Å²) in [4.78, 5) is 13.5. The lowest BCUT2D eigenvalue weighted by atomic mass is 10.2. The van der Waals surface area contributed by atoms with E-state index in [4.69, 9.17) is 10.5 Å². The number of nitrogens with zero attached hydrogens (tertiary/aromatic N) is 1. The van der Waals surface area contributed by atoms with E-state index in [-0.39, 0.29) is 5.91 Å². The van der Waals surface area contributed by atoms with Gasteiger partial charge in [-0.15, -0.1) is 0 Å². The van der Waals surface area contributed by atoms with E-state index in [1.807, 2.05) is 16.8 Å². The average molecular weight is 242 g/mol. The Bertz CT molecular complexity index is 314. The minimum absolute atomic E-state index is 0.0387. The average Bonchev–Trinajstić information content (AvgIpc) is 2.77. The lowest BCUT2D eigenvalue weighted by Crippen LogP contribution is -2.41. The zero-order valence-corrected chi connectivity index (χ0v) is 10.5. The van der Waals surface area contributed by atoms with Crippen LogP contribution in [0.4, 0.5) is 0 Å². The maximum absolute atomic E-state index is 11.8. The van der Waals surface area contributed by atoms with Crippen molar-refractivity contribution in [3.63, 3.8) is 0 Å². The molecule has 1 aromatic heterocycles. The second-order valence-electron chi connectivity index (χ2n) is 3.71. The highest BCUT2D eigenvalue weighted by Gasteiger charge is 2.17. The van der Waals surface area contributed by atoms with Crippen molar-refractivity contribution >= 4 is 17.2 Å². The van der Waals surface area contributed by atoms with Crippen molar-refractivity contribution < 1.29 is 9.53 Å². The van der Waals surface area contributed by atoms with E-state index in [0.717, 1.165) is 5.56 Å². The number of likely N-dealkylation sites (N-methyl/N-ethyl adjacent to an activating group) is 1. The maximum atomic E-state index is 11.8. The van der Waals surface area contributed by atoms with Gasteiger partial charge in [-0.1, -0.05) is 0 Å². The first kappa shape index (κ1) is 13.2. The summed E-state index contributed by atoms with van der Waals surface area (Å²) >= 11 is 1.63. The molecule has 1 heterocycles. The van der Waals surface area contributed by atoms with Crippen molar-refractivity contribution in [3.05, 3.63) is 22.4 Å². The number of hydrogen-bond acceptors (Lipinski definition) is 4. The van der Waals surface area contributed by atoms with Crippen LogP contribution in [-0.4, -0.2) is 37.6 Å². The van der Waals surface area contributed by atoms with Gasteiger partial charge >= 0.3 is 0 Å². The van der Waals surface area contributed by atoms with Crippen molar-refractivity contribution in [2.45, 2.75) is 19.0 Å². The molecule has 0 aliphatic rings. The molecule has 0 radical (unpaired) electrons. The first-order chi connectivity index (χ1) is 7.65. The fourth-order valence-corrected chi connectivity index (χ4v) is 2.05. The van der Waals surface area contributed by atoms with Gasteiger partial charge in [0.15, 0.2) is 0 Å². The van der Waals surface area contributed by atoms with Crippen LogP contribution in [0, 0.1) is 0 Å². The SMILES string of the molecule is COCCC(N)C(=O)N(C)Cc1ccsc1. The normalized spacial score (nSPS) is 12.4. The van der Waals surface area contributed by atoms with Gasteiger partial charge in [0.05, 0.1) is 6.04 Å². The summed E-state index contributed by atoms with van der Waals surface area (Å²) in [6.45, 7) is 1.13. The molecule has 5 heteroatoms. The molecule has 0 aliphatic carbocycles. The van der Waals surface area contributed by atoms with Crippen LogP contribution in [0.1, 0.15) is 12.0 Å². The van der Waals surface area contributed by atoms with Crippen molar-refractivity contribution in [1.29, 1.82) is 0 Å². The Morgan fingerprint density at radius 3 is 3.00 bits per heavy atom. The van der Waals surface area contributed by atoms with Crippen LogP contribution in [0.2, 0.25) is 0 Å². The van der Waals surface area contributed by atoms with Gasteiger partial charge in [0.2, 0.25) is 5.91 Å². The number of carbonyl (C=O) groups excluding carboxylic acids is 1. The highest BCUT2D eigenvalue weighted by Crippen LogP contribution is 2.09. The number of carbonyl (C=O) groups is 1. The van der Waals surface area contributed by atoms with Crippen LogP contribution in [0.25, 0.3) is 0 Å². The zero-order chi connectivity index (χ0) is 12.0. The van der Waals surface area contributed by atoms with E-state index >= 15 is 0 Å². The van der Waals surface area contributed by atoms with Crippen molar-refractivity contribution in [2.75, 3.05) is 20.8 Å². The second-order valence-corrected chi connectivity index (χ2v) is 4.49. The summed E-state index contributed by atoms with van der Waals surface area (Å²) in [7, 11) is 3.37. The van der Waals surface area contributed by atoms with Crippen LogP contribution in [0.5, 0.6) is 0 Å². The molecular formula is C11H18N2O2S. The quantitative estimate of drug-likeness (QED) is 0.812. The molecule has 1 amide bonds. The van der Waals surface area contributed by atoms with Crippen LogP contribution in [0.3, 0.4) is 0 Å². The molecule has 90 valence electrons. The number of rotatable bonds is 6. The third-order valence-electron chi connectivity index (χ3n) is 2.33. The van der Waals surface area contributed by atoms with Gasteiger partial charge in [0.1, 0.15) is 0 Å². The van der Waals surface area contributed by atoms with Crippen molar-refractivity contribution in [3.8, 4) is 0 Å². The van der Waals surface area contributed by atoms with Gasteiger partial charge in [-0.2, -0.15) is 11.3 Å². The van der Waals surface area contributed by atoms with Gasteiger partial charge in [-0.25, -0.2) is 0 Å². The van der Waals surface area contributed by atoms with Crippen molar-refractivity contribution in [2.24, 2.45) is 5.73 Å². The fraction of sp³-hybridized carbons (Fsp3) is 0.545. The number of amides is 1. The van der Waals surface area contributed by atoms with E-state index in [9.17, 15) is 4.79 Å². The Balaban J connectivity index is 2.41. The minimum atomic E-state index is -0.469. The molecule has 0 aliphatic heterocycles. The standard InChI is InChI=1S/C11H18N2O2S/c1-13(7-9-4-6-16-8-9)11(14)10(12)3-5-15-2/h4,6,8,10H,3,5,7,12H2,1-2H3.